The highest BCUT2D eigenvalue weighted by Crippen LogP contribution is 2.29. The molecule has 64 valence electrons. The average molecular weight is 230 g/mol. The summed E-state index contributed by atoms with van der Waals surface area (Å²) in [6, 6.07) is 3.25. The van der Waals surface area contributed by atoms with E-state index in [4.69, 9.17) is 5.73 Å². The molecule has 3 N–H and O–H groups in total. The molecule has 4 heteroatoms. The molecule has 0 bridgehead atoms. The molecular weight excluding hydrogens is 222 g/mol. The summed E-state index contributed by atoms with van der Waals surface area (Å²) in [5, 5.41) is 9.35. The van der Waals surface area contributed by atoms with Gasteiger partial charge in [-0.1, -0.05) is 15.9 Å². The molecule has 0 heterocycles. The number of aldehydes is 1. The number of aromatic hydroxyl groups is 1. The fourth-order valence-electron chi connectivity index (χ4n) is 0.924. The Morgan fingerprint density at radius 1 is 1.58 bits per heavy atom. The molecule has 0 aliphatic heterocycles. The number of carbonyl (C=O) groups excluding carboxylic acids is 1. The predicted octanol–water partition coefficient (Wildman–Crippen LogP) is 1.48. The number of rotatable bonds is 2. The van der Waals surface area contributed by atoms with Gasteiger partial charge in [0.2, 0.25) is 0 Å². The maximum Gasteiger partial charge on any atom is 0.142 e. The molecule has 12 heavy (non-hydrogen) atoms. The first-order chi connectivity index (χ1) is 5.65. The van der Waals surface area contributed by atoms with Gasteiger partial charge in [0, 0.05) is 16.5 Å². The third kappa shape index (κ3) is 1.76. The Morgan fingerprint density at radius 3 is 2.83 bits per heavy atom. The minimum absolute atomic E-state index is 0.00898. The van der Waals surface area contributed by atoms with Crippen LogP contribution in [0.15, 0.2) is 16.6 Å². The first kappa shape index (κ1) is 9.06. The van der Waals surface area contributed by atoms with Crippen molar-refractivity contribution in [2.45, 2.75) is 6.42 Å². The van der Waals surface area contributed by atoms with Crippen molar-refractivity contribution in [1.29, 1.82) is 0 Å². The SMILES string of the molecule is Nc1cc(Br)cc(CC=O)c1O. The second kappa shape index (κ2) is 3.58. The Morgan fingerprint density at radius 2 is 2.25 bits per heavy atom. The van der Waals surface area contributed by atoms with Gasteiger partial charge in [0.15, 0.2) is 0 Å². The van der Waals surface area contributed by atoms with Gasteiger partial charge in [-0.2, -0.15) is 0 Å². The molecule has 0 radical (unpaired) electrons. The minimum Gasteiger partial charge on any atom is -0.505 e. The van der Waals surface area contributed by atoms with Crippen molar-refractivity contribution >= 4 is 27.9 Å². The van der Waals surface area contributed by atoms with Crippen LogP contribution in [0, 0.1) is 0 Å². The van der Waals surface area contributed by atoms with E-state index in [9.17, 15) is 9.90 Å². The lowest BCUT2D eigenvalue weighted by molar-refractivity contribution is -0.107. The smallest absolute Gasteiger partial charge is 0.142 e. The molecular formula is C8H8BrNO2. The van der Waals surface area contributed by atoms with Gasteiger partial charge >= 0.3 is 0 Å². The van der Waals surface area contributed by atoms with Crippen molar-refractivity contribution in [2.75, 3.05) is 5.73 Å². The molecule has 0 fully saturated rings. The lowest BCUT2D eigenvalue weighted by atomic mass is 10.1. The largest absolute Gasteiger partial charge is 0.505 e. The van der Waals surface area contributed by atoms with Crippen LogP contribution < -0.4 is 5.73 Å². The normalized spacial score (nSPS) is 9.75. The Bertz CT molecular complexity index is 312. The summed E-state index contributed by atoms with van der Waals surface area (Å²) in [6.07, 6.45) is 0.899. The lowest BCUT2D eigenvalue weighted by Crippen LogP contribution is -1.92. The molecule has 0 amide bonds. The molecule has 0 spiro atoms. The molecule has 1 aromatic carbocycles. The molecule has 0 saturated heterocycles. The van der Waals surface area contributed by atoms with Crippen LogP contribution in [-0.2, 0) is 11.2 Å². The summed E-state index contributed by atoms with van der Waals surface area (Å²) >= 11 is 3.21. The van der Waals surface area contributed by atoms with Gasteiger partial charge in [0.05, 0.1) is 5.69 Å². The van der Waals surface area contributed by atoms with Gasteiger partial charge in [-0.15, -0.1) is 0 Å². The first-order valence-corrected chi connectivity index (χ1v) is 4.15. The van der Waals surface area contributed by atoms with Gasteiger partial charge in [-0.25, -0.2) is 0 Å². The summed E-state index contributed by atoms with van der Waals surface area (Å²) in [6.45, 7) is 0. The number of halogens is 1. The molecule has 0 unspecified atom stereocenters. The first-order valence-electron chi connectivity index (χ1n) is 3.35. The van der Waals surface area contributed by atoms with E-state index in [1.165, 1.54) is 0 Å². The second-order valence-corrected chi connectivity index (χ2v) is 3.29. The van der Waals surface area contributed by atoms with E-state index >= 15 is 0 Å². The van der Waals surface area contributed by atoms with Crippen molar-refractivity contribution in [2.24, 2.45) is 0 Å². The van der Waals surface area contributed by atoms with Crippen molar-refractivity contribution in [1.82, 2.24) is 0 Å². The third-order valence-corrected chi connectivity index (χ3v) is 1.94. The maximum absolute atomic E-state index is 10.2. The van der Waals surface area contributed by atoms with Crippen LogP contribution in [0.4, 0.5) is 5.69 Å². The summed E-state index contributed by atoms with van der Waals surface area (Å²) in [5.74, 6) is -0.00898. The molecule has 1 aromatic rings. The summed E-state index contributed by atoms with van der Waals surface area (Å²) < 4.78 is 0.759. The summed E-state index contributed by atoms with van der Waals surface area (Å²) in [4.78, 5) is 10.2. The Kier molecular flexibility index (Phi) is 2.70. The zero-order chi connectivity index (χ0) is 9.14. The van der Waals surface area contributed by atoms with Crippen LogP contribution in [-0.4, -0.2) is 11.4 Å². The van der Waals surface area contributed by atoms with Crippen molar-refractivity contribution in [3.05, 3.63) is 22.2 Å². The number of nitrogen functional groups attached to an aromatic ring is 1. The van der Waals surface area contributed by atoms with Gasteiger partial charge in [0.1, 0.15) is 12.0 Å². The standard InChI is InChI=1S/C8H8BrNO2/c9-6-3-5(1-2-11)8(12)7(10)4-6/h2-4,12H,1,10H2. The number of hydrogen-bond donors (Lipinski definition) is 2. The van der Waals surface area contributed by atoms with Crippen molar-refractivity contribution in [3.8, 4) is 5.75 Å². The quantitative estimate of drug-likeness (QED) is 0.459. The monoisotopic (exact) mass is 229 g/mol. The van der Waals surface area contributed by atoms with Crippen molar-refractivity contribution < 1.29 is 9.90 Å². The molecule has 1 rings (SSSR count). The van der Waals surface area contributed by atoms with Gasteiger partial charge in [-0.05, 0) is 12.1 Å². The number of phenols is 1. The van der Waals surface area contributed by atoms with E-state index in [1.807, 2.05) is 0 Å². The van der Waals surface area contributed by atoms with Crippen LogP contribution in [0.25, 0.3) is 0 Å². The fourth-order valence-corrected chi connectivity index (χ4v) is 1.45. The highest BCUT2D eigenvalue weighted by atomic mass is 79.9. The second-order valence-electron chi connectivity index (χ2n) is 2.37. The van der Waals surface area contributed by atoms with Crippen molar-refractivity contribution in [3.63, 3.8) is 0 Å². The van der Waals surface area contributed by atoms with Gasteiger partial charge in [0.25, 0.3) is 0 Å². The van der Waals surface area contributed by atoms with Gasteiger partial charge < -0.3 is 15.6 Å². The predicted molar refractivity (Wildman–Crippen MR) is 50.0 cm³/mol. The average Bonchev–Trinajstić information content (AvgIpc) is 2.00. The van der Waals surface area contributed by atoms with E-state index in [0.717, 1.165) is 10.8 Å². The Balaban J connectivity index is 3.17. The van der Waals surface area contributed by atoms with Crippen LogP contribution in [0.2, 0.25) is 0 Å². The molecule has 0 saturated carbocycles. The van der Waals surface area contributed by atoms with E-state index in [-0.39, 0.29) is 17.9 Å². The fraction of sp³-hybridized carbons (Fsp3) is 0.125. The summed E-state index contributed by atoms with van der Waals surface area (Å²) in [7, 11) is 0. The number of phenolic OH excluding ortho intramolecular Hbond substituents is 1. The number of carbonyl (C=O) groups is 1. The van der Waals surface area contributed by atoms with Crippen LogP contribution in [0.5, 0.6) is 5.75 Å². The third-order valence-electron chi connectivity index (χ3n) is 1.49. The molecule has 0 atom stereocenters. The Hall–Kier alpha value is -1.03. The highest BCUT2D eigenvalue weighted by molar-refractivity contribution is 9.10. The molecule has 0 aliphatic carbocycles. The maximum atomic E-state index is 10.2. The molecule has 0 aliphatic rings. The molecule has 0 aromatic heterocycles. The zero-order valence-electron chi connectivity index (χ0n) is 6.25. The van der Waals surface area contributed by atoms with Crippen LogP contribution in [0.1, 0.15) is 5.56 Å². The van der Waals surface area contributed by atoms with Gasteiger partial charge in [-0.3, -0.25) is 0 Å². The number of anilines is 1. The molecule has 3 nitrogen and oxygen atoms in total. The van der Waals surface area contributed by atoms with E-state index in [1.54, 1.807) is 12.1 Å². The van der Waals surface area contributed by atoms with E-state index < -0.39 is 0 Å². The topological polar surface area (TPSA) is 63.3 Å². The van der Waals surface area contributed by atoms with Crippen LogP contribution >= 0.6 is 15.9 Å². The number of hydrogen-bond acceptors (Lipinski definition) is 3. The minimum atomic E-state index is -0.00898. The lowest BCUT2D eigenvalue weighted by Gasteiger charge is -2.04. The highest BCUT2D eigenvalue weighted by Gasteiger charge is 2.05. The summed E-state index contributed by atoms with van der Waals surface area (Å²) in [5.41, 5.74) is 6.27. The van der Waals surface area contributed by atoms with E-state index in [2.05, 4.69) is 15.9 Å². The zero-order valence-corrected chi connectivity index (χ0v) is 7.84. The van der Waals surface area contributed by atoms with E-state index in [0.29, 0.717) is 5.56 Å². The number of nitrogens with two attached hydrogens (primary N) is 1. The Labute approximate surface area is 78.3 Å². The van der Waals surface area contributed by atoms with Crippen LogP contribution in [0.3, 0.4) is 0 Å². The number of benzene rings is 1.